The molecule has 1 unspecified atom stereocenters. The summed E-state index contributed by atoms with van der Waals surface area (Å²) in [5.41, 5.74) is 3.67. The van der Waals surface area contributed by atoms with Gasteiger partial charge in [0.1, 0.15) is 0 Å². The second-order valence-electron chi connectivity index (χ2n) is 6.27. The maximum Gasteiger partial charge on any atom is 0.246 e. The van der Waals surface area contributed by atoms with Gasteiger partial charge >= 0.3 is 0 Å². The lowest BCUT2D eigenvalue weighted by Gasteiger charge is -2.35. The van der Waals surface area contributed by atoms with E-state index in [0.29, 0.717) is 5.56 Å². The fourth-order valence-corrected chi connectivity index (χ4v) is 3.18. The molecule has 24 heavy (non-hydrogen) atoms. The molecule has 1 heterocycles. The number of benzene rings is 2. The predicted molar refractivity (Wildman–Crippen MR) is 96.6 cm³/mol. The quantitative estimate of drug-likeness (QED) is 0.874. The first-order valence-corrected chi connectivity index (χ1v) is 8.31. The summed E-state index contributed by atoms with van der Waals surface area (Å²) < 4.78 is 0. The Morgan fingerprint density at radius 3 is 2.75 bits per heavy atom. The lowest BCUT2D eigenvalue weighted by atomic mass is 9.96. The van der Waals surface area contributed by atoms with E-state index in [2.05, 4.69) is 18.3 Å². The molecule has 2 aromatic rings. The van der Waals surface area contributed by atoms with Crippen LogP contribution >= 0.6 is 0 Å². The first-order valence-electron chi connectivity index (χ1n) is 8.31. The number of ketones is 1. The number of nitrogens with one attached hydrogen (secondary N) is 1. The zero-order chi connectivity index (χ0) is 17.1. The molecule has 0 saturated carbocycles. The summed E-state index contributed by atoms with van der Waals surface area (Å²) in [4.78, 5) is 26.1. The van der Waals surface area contributed by atoms with Gasteiger partial charge in [-0.15, -0.1) is 0 Å². The molecule has 1 atom stereocenters. The fourth-order valence-electron chi connectivity index (χ4n) is 3.18. The molecular formula is C20H22N2O2. The van der Waals surface area contributed by atoms with Crippen molar-refractivity contribution in [3.8, 4) is 0 Å². The van der Waals surface area contributed by atoms with Gasteiger partial charge in [-0.05, 0) is 50.5 Å². The summed E-state index contributed by atoms with van der Waals surface area (Å²) in [5, 5.41) is 3.14. The summed E-state index contributed by atoms with van der Waals surface area (Å²) in [6.07, 6.45) is 1.98. The lowest BCUT2D eigenvalue weighted by Crippen LogP contribution is -2.44. The Balaban J connectivity index is 1.73. The van der Waals surface area contributed by atoms with Crippen molar-refractivity contribution in [1.82, 2.24) is 0 Å². The van der Waals surface area contributed by atoms with Gasteiger partial charge in [-0.2, -0.15) is 0 Å². The Bertz CT molecular complexity index is 770. The van der Waals surface area contributed by atoms with Crippen molar-refractivity contribution in [1.29, 1.82) is 0 Å². The predicted octanol–water partition coefficient (Wildman–Crippen LogP) is 3.67. The number of carbonyl (C=O) groups excluding carboxylic acids is 2. The number of carbonyl (C=O) groups is 2. The van der Waals surface area contributed by atoms with Crippen LogP contribution in [-0.2, 0) is 11.2 Å². The van der Waals surface area contributed by atoms with Crippen LogP contribution in [0, 0.1) is 0 Å². The summed E-state index contributed by atoms with van der Waals surface area (Å²) in [6, 6.07) is 15.5. The largest absolute Gasteiger partial charge is 0.376 e. The first kappa shape index (κ1) is 16.2. The van der Waals surface area contributed by atoms with Crippen molar-refractivity contribution < 1.29 is 9.59 Å². The maximum absolute atomic E-state index is 12.8. The van der Waals surface area contributed by atoms with Crippen LogP contribution in [0.3, 0.4) is 0 Å². The number of fused-ring (bicyclic) bond motifs is 1. The molecule has 2 aromatic carbocycles. The van der Waals surface area contributed by atoms with E-state index in [4.69, 9.17) is 0 Å². The lowest BCUT2D eigenvalue weighted by molar-refractivity contribution is -0.117. The van der Waals surface area contributed by atoms with Gasteiger partial charge in [0.2, 0.25) is 5.91 Å². The SMILES string of the molecule is CC(=O)c1cccc(NCC(=O)N2c3ccccc3CCC2C)c1. The van der Waals surface area contributed by atoms with E-state index in [-0.39, 0.29) is 24.3 Å². The van der Waals surface area contributed by atoms with Crippen LogP contribution in [0.4, 0.5) is 11.4 Å². The second-order valence-corrected chi connectivity index (χ2v) is 6.27. The van der Waals surface area contributed by atoms with E-state index < -0.39 is 0 Å². The Kier molecular flexibility index (Phi) is 4.65. The summed E-state index contributed by atoms with van der Waals surface area (Å²) in [6.45, 7) is 3.83. The number of amides is 1. The molecule has 0 fully saturated rings. The number of para-hydroxylation sites is 1. The standard InChI is InChI=1S/C20H22N2O2/c1-14-10-11-16-6-3-4-9-19(16)22(14)20(24)13-21-18-8-5-7-17(12-18)15(2)23/h3-9,12,14,21H,10-11,13H2,1-2H3. The number of anilines is 2. The number of Topliss-reactive ketones (excluding diaryl/α,β-unsaturated/α-hetero) is 1. The molecule has 1 N–H and O–H groups in total. The van der Waals surface area contributed by atoms with E-state index in [0.717, 1.165) is 24.2 Å². The molecule has 0 bridgehead atoms. The van der Waals surface area contributed by atoms with E-state index in [1.807, 2.05) is 35.2 Å². The Hall–Kier alpha value is -2.62. The normalized spacial score (nSPS) is 16.4. The van der Waals surface area contributed by atoms with E-state index in [9.17, 15) is 9.59 Å². The third-order valence-electron chi connectivity index (χ3n) is 4.50. The minimum atomic E-state index is 0.0172. The van der Waals surface area contributed by atoms with Gasteiger partial charge in [0.15, 0.2) is 5.78 Å². The number of aryl methyl sites for hydroxylation is 1. The summed E-state index contributed by atoms with van der Waals surface area (Å²) in [7, 11) is 0. The van der Waals surface area contributed by atoms with Crippen LogP contribution in [0.5, 0.6) is 0 Å². The number of hydrogen-bond acceptors (Lipinski definition) is 3. The van der Waals surface area contributed by atoms with Gasteiger partial charge in [-0.25, -0.2) is 0 Å². The van der Waals surface area contributed by atoms with Crippen molar-refractivity contribution in [2.24, 2.45) is 0 Å². The molecule has 0 spiro atoms. The minimum absolute atomic E-state index is 0.0172. The molecule has 124 valence electrons. The zero-order valence-corrected chi connectivity index (χ0v) is 14.1. The number of rotatable bonds is 4. The molecule has 1 amide bonds. The maximum atomic E-state index is 12.8. The van der Waals surface area contributed by atoms with Crippen molar-refractivity contribution in [3.63, 3.8) is 0 Å². The number of hydrogen-bond donors (Lipinski definition) is 1. The highest BCUT2D eigenvalue weighted by Gasteiger charge is 2.27. The van der Waals surface area contributed by atoms with Crippen molar-refractivity contribution in [3.05, 3.63) is 59.7 Å². The Labute approximate surface area is 142 Å². The molecule has 4 heteroatoms. The van der Waals surface area contributed by atoms with Gasteiger partial charge in [-0.1, -0.05) is 30.3 Å². The molecule has 1 aliphatic rings. The van der Waals surface area contributed by atoms with Crippen LogP contribution in [0.25, 0.3) is 0 Å². The van der Waals surface area contributed by atoms with Crippen molar-refractivity contribution in [2.45, 2.75) is 32.7 Å². The first-order chi connectivity index (χ1) is 11.6. The van der Waals surface area contributed by atoms with E-state index in [1.165, 1.54) is 12.5 Å². The molecule has 0 saturated heterocycles. The fraction of sp³-hybridized carbons (Fsp3) is 0.300. The molecule has 0 aromatic heterocycles. The van der Waals surface area contributed by atoms with Crippen LogP contribution in [0.2, 0.25) is 0 Å². The molecule has 3 rings (SSSR count). The van der Waals surface area contributed by atoms with Crippen LogP contribution < -0.4 is 10.2 Å². The molecule has 0 radical (unpaired) electrons. The van der Waals surface area contributed by atoms with Crippen molar-refractivity contribution >= 4 is 23.1 Å². The second kappa shape index (κ2) is 6.87. The highest BCUT2D eigenvalue weighted by atomic mass is 16.2. The average Bonchev–Trinajstić information content (AvgIpc) is 2.60. The van der Waals surface area contributed by atoms with Crippen LogP contribution in [0.15, 0.2) is 48.5 Å². The average molecular weight is 322 g/mol. The highest BCUT2D eigenvalue weighted by Crippen LogP contribution is 2.30. The van der Waals surface area contributed by atoms with Crippen LogP contribution in [0.1, 0.15) is 36.2 Å². The zero-order valence-electron chi connectivity index (χ0n) is 14.1. The Morgan fingerprint density at radius 2 is 1.96 bits per heavy atom. The minimum Gasteiger partial charge on any atom is -0.376 e. The molecule has 4 nitrogen and oxygen atoms in total. The van der Waals surface area contributed by atoms with E-state index in [1.54, 1.807) is 12.1 Å². The molecular weight excluding hydrogens is 300 g/mol. The summed E-state index contributed by atoms with van der Waals surface area (Å²) in [5.74, 6) is 0.0615. The van der Waals surface area contributed by atoms with Gasteiger partial charge in [0.05, 0.1) is 6.54 Å². The van der Waals surface area contributed by atoms with Gasteiger partial charge < -0.3 is 10.2 Å². The number of nitrogens with zero attached hydrogens (tertiary/aromatic N) is 1. The summed E-state index contributed by atoms with van der Waals surface area (Å²) >= 11 is 0. The third kappa shape index (κ3) is 3.32. The molecule has 1 aliphatic heterocycles. The molecule has 0 aliphatic carbocycles. The van der Waals surface area contributed by atoms with Gasteiger partial charge in [-0.3, -0.25) is 9.59 Å². The van der Waals surface area contributed by atoms with Gasteiger partial charge in [0, 0.05) is 23.0 Å². The van der Waals surface area contributed by atoms with Crippen LogP contribution in [-0.4, -0.2) is 24.3 Å². The highest BCUT2D eigenvalue weighted by molar-refractivity contribution is 5.98. The smallest absolute Gasteiger partial charge is 0.246 e. The Morgan fingerprint density at radius 1 is 1.17 bits per heavy atom. The van der Waals surface area contributed by atoms with Crippen molar-refractivity contribution in [2.75, 3.05) is 16.8 Å². The van der Waals surface area contributed by atoms with Gasteiger partial charge in [0.25, 0.3) is 0 Å². The third-order valence-corrected chi connectivity index (χ3v) is 4.50. The van der Waals surface area contributed by atoms with E-state index >= 15 is 0 Å². The monoisotopic (exact) mass is 322 g/mol. The topological polar surface area (TPSA) is 49.4 Å².